The number of hydrogen-bond acceptors (Lipinski definition) is 6. The molecule has 0 saturated carbocycles. The first-order chi connectivity index (χ1) is 9.49. The number of aromatic nitrogens is 2. The van der Waals surface area contributed by atoms with Crippen LogP contribution in [-0.2, 0) is 4.74 Å². The fourth-order valence-electron chi connectivity index (χ4n) is 2.07. The molecule has 1 aliphatic rings. The second-order valence-electron chi connectivity index (χ2n) is 4.41. The van der Waals surface area contributed by atoms with Crippen LogP contribution in [0.15, 0.2) is 20.9 Å². The SMILES string of the molecule is Cc1cn([C@@H]2O[C@H](CO)[C@@H](O)C2N=[N+]=[N-])c(=O)[nH]c1=O. The summed E-state index contributed by atoms with van der Waals surface area (Å²) in [6.07, 6.45) is -2.08. The molecule has 108 valence electrons. The fraction of sp³-hybridized carbons (Fsp3) is 0.600. The maximum absolute atomic E-state index is 11.8. The van der Waals surface area contributed by atoms with Gasteiger partial charge in [-0.2, -0.15) is 0 Å². The van der Waals surface area contributed by atoms with Gasteiger partial charge in [-0.3, -0.25) is 14.3 Å². The van der Waals surface area contributed by atoms with Crippen molar-refractivity contribution in [1.29, 1.82) is 0 Å². The van der Waals surface area contributed by atoms with Gasteiger partial charge in [0.1, 0.15) is 18.4 Å². The summed E-state index contributed by atoms with van der Waals surface area (Å²) < 4.78 is 6.35. The standard InChI is InChI=1S/C10H13N5O5/c1-4-2-15(10(19)12-8(4)18)9-6(13-14-11)7(17)5(3-16)20-9/h2,5-7,9,16-17H,3H2,1H3,(H,12,18,19)/t5-,6?,7-,9-/m1/s1. The van der Waals surface area contributed by atoms with E-state index < -0.39 is 42.3 Å². The van der Waals surface area contributed by atoms with E-state index in [-0.39, 0.29) is 5.56 Å². The Kier molecular flexibility index (Phi) is 3.91. The smallest absolute Gasteiger partial charge is 0.330 e. The minimum atomic E-state index is -1.25. The highest BCUT2D eigenvalue weighted by Gasteiger charge is 2.44. The van der Waals surface area contributed by atoms with Crippen molar-refractivity contribution >= 4 is 0 Å². The molecule has 2 heterocycles. The largest absolute Gasteiger partial charge is 0.394 e. The second kappa shape index (κ2) is 5.47. The van der Waals surface area contributed by atoms with E-state index in [4.69, 9.17) is 15.4 Å². The molecule has 4 atom stereocenters. The Bertz CT molecular complexity index is 661. The summed E-state index contributed by atoms with van der Waals surface area (Å²) in [5.41, 5.74) is 7.49. The van der Waals surface area contributed by atoms with Crippen LogP contribution in [0.5, 0.6) is 0 Å². The molecule has 0 spiro atoms. The summed E-state index contributed by atoms with van der Waals surface area (Å²) in [4.78, 5) is 27.8. The molecule has 2 rings (SSSR count). The van der Waals surface area contributed by atoms with Crippen molar-refractivity contribution in [2.75, 3.05) is 6.61 Å². The number of nitrogens with one attached hydrogen (secondary N) is 1. The summed E-state index contributed by atoms with van der Waals surface area (Å²) in [5.74, 6) is 0. The number of aliphatic hydroxyl groups is 2. The Labute approximate surface area is 111 Å². The van der Waals surface area contributed by atoms with Gasteiger partial charge in [-0.1, -0.05) is 5.11 Å². The van der Waals surface area contributed by atoms with Crippen molar-refractivity contribution in [3.05, 3.63) is 43.0 Å². The highest BCUT2D eigenvalue weighted by molar-refractivity contribution is 5.04. The van der Waals surface area contributed by atoms with E-state index in [0.717, 1.165) is 4.57 Å². The molecule has 3 N–H and O–H groups in total. The topological polar surface area (TPSA) is 153 Å². The third kappa shape index (κ3) is 2.32. The van der Waals surface area contributed by atoms with E-state index in [0.29, 0.717) is 0 Å². The van der Waals surface area contributed by atoms with Gasteiger partial charge in [-0.05, 0) is 12.5 Å². The van der Waals surface area contributed by atoms with Crippen LogP contribution in [0.25, 0.3) is 10.4 Å². The maximum Gasteiger partial charge on any atom is 0.330 e. The molecule has 20 heavy (non-hydrogen) atoms. The summed E-state index contributed by atoms with van der Waals surface area (Å²) in [6, 6.07) is -1.08. The monoisotopic (exact) mass is 283 g/mol. The zero-order valence-corrected chi connectivity index (χ0v) is 10.5. The molecule has 1 unspecified atom stereocenters. The Morgan fingerprint density at radius 3 is 2.90 bits per heavy atom. The zero-order chi connectivity index (χ0) is 14.9. The minimum Gasteiger partial charge on any atom is -0.394 e. The average molecular weight is 283 g/mol. The Morgan fingerprint density at radius 2 is 2.30 bits per heavy atom. The first-order valence-corrected chi connectivity index (χ1v) is 5.80. The number of H-pyrrole nitrogens is 1. The molecule has 1 fully saturated rings. The minimum absolute atomic E-state index is 0.259. The van der Waals surface area contributed by atoms with Crippen molar-refractivity contribution in [2.24, 2.45) is 5.11 Å². The van der Waals surface area contributed by atoms with Gasteiger partial charge in [0.05, 0.1) is 12.7 Å². The van der Waals surface area contributed by atoms with Crippen molar-refractivity contribution in [1.82, 2.24) is 9.55 Å². The van der Waals surface area contributed by atoms with Gasteiger partial charge in [0.25, 0.3) is 5.56 Å². The van der Waals surface area contributed by atoms with Crippen molar-refractivity contribution in [2.45, 2.75) is 31.4 Å². The maximum atomic E-state index is 11.8. The zero-order valence-electron chi connectivity index (χ0n) is 10.5. The van der Waals surface area contributed by atoms with Gasteiger partial charge < -0.3 is 14.9 Å². The highest BCUT2D eigenvalue weighted by Crippen LogP contribution is 2.30. The van der Waals surface area contributed by atoms with Gasteiger partial charge in [-0.15, -0.1) is 0 Å². The van der Waals surface area contributed by atoms with E-state index in [1.807, 2.05) is 0 Å². The predicted octanol–water partition coefficient (Wildman–Crippen LogP) is -1.23. The van der Waals surface area contributed by atoms with Crippen LogP contribution in [0.3, 0.4) is 0 Å². The second-order valence-corrected chi connectivity index (χ2v) is 4.41. The van der Waals surface area contributed by atoms with Crippen molar-refractivity contribution in [3.63, 3.8) is 0 Å². The lowest BCUT2D eigenvalue weighted by atomic mass is 10.1. The first kappa shape index (κ1) is 14.3. The molecule has 1 aromatic heterocycles. The number of aryl methyl sites for hydroxylation is 1. The van der Waals surface area contributed by atoms with Gasteiger partial charge >= 0.3 is 5.69 Å². The number of aliphatic hydroxyl groups excluding tert-OH is 2. The molecule has 0 radical (unpaired) electrons. The van der Waals surface area contributed by atoms with E-state index in [1.54, 1.807) is 0 Å². The lowest BCUT2D eigenvalue weighted by molar-refractivity contribution is -0.0465. The predicted molar refractivity (Wildman–Crippen MR) is 66.0 cm³/mol. The Hall–Kier alpha value is -2.13. The quantitative estimate of drug-likeness (QED) is 0.360. The average Bonchev–Trinajstić information content (AvgIpc) is 2.72. The number of azide groups is 1. The van der Waals surface area contributed by atoms with Crippen LogP contribution in [0, 0.1) is 6.92 Å². The number of aromatic amines is 1. The molecule has 0 amide bonds. The van der Waals surface area contributed by atoms with Crippen LogP contribution in [0.2, 0.25) is 0 Å². The molecule has 10 heteroatoms. The van der Waals surface area contributed by atoms with Crippen molar-refractivity contribution in [3.8, 4) is 0 Å². The van der Waals surface area contributed by atoms with Crippen molar-refractivity contribution < 1.29 is 14.9 Å². The fourth-order valence-corrected chi connectivity index (χ4v) is 2.07. The van der Waals surface area contributed by atoms with E-state index >= 15 is 0 Å². The third-order valence-corrected chi connectivity index (χ3v) is 3.12. The van der Waals surface area contributed by atoms with Gasteiger partial charge in [0, 0.05) is 16.7 Å². The Balaban J connectivity index is 2.50. The van der Waals surface area contributed by atoms with E-state index in [2.05, 4.69) is 15.0 Å². The molecular weight excluding hydrogens is 270 g/mol. The van der Waals surface area contributed by atoms with Crippen LogP contribution >= 0.6 is 0 Å². The molecule has 0 aliphatic carbocycles. The lowest BCUT2D eigenvalue weighted by Gasteiger charge is -2.17. The molecule has 1 aliphatic heterocycles. The summed E-state index contributed by atoms with van der Waals surface area (Å²) in [7, 11) is 0. The highest BCUT2D eigenvalue weighted by atomic mass is 16.5. The van der Waals surface area contributed by atoms with Crippen LogP contribution in [0.4, 0.5) is 0 Å². The number of ether oxygens (including phenoxy) is 1. The Morgan fingerprint density at radius 1 is 1.60 bits per heavy atom. The molecular formula is C10H13N5O5. The number of nitrogens with zero attached hydrogens (tertiary/aromatic N) is 4. The summed E-state index contributed by atoms with van der Waals surface area (Å²) in [6.45, 7) is 0.998. The molecule has 10 nitrogen and oxygen atoms in total. The molecule has 0 aromatic carbocycles. The molecule has 0 bridgehead atoms. The van der Waals surface area contributed by atoms with E-state index in [9.17, 15) is 14.7 Å². The van der Waals surface area contributed by atoms with Crippen LogP contribution < -0.4 is 11.2 Å². The first-order valence-electron chi connectivity index (χ1n) is 5.80. The van der Waals surface area contributed by atoms with E-state index in [1.165, 1.54) is 13.1 Å². The van der Waals surface area contributed by atoms with Gasteiger partial charge in [0.2, 0.25) is 0 Å². The normalized spacial score (nSPS) is 29.1. The lowest BCUT2D eigenvalue weighted by Crippen LogP contribution is -2.37. The molecule has 1 aromatic rings. The molecule has 1 saturated heterocycles. The summed E-state index contributed by atoms with van der Waals surface area (Å²) in [5, 5.41) is 22.4. The third-order valence-electron chi connectivity index (χ3n) is 3.12. The van der Waals surface area contributed by atoms with Crippen LogP contribution in [-0.4, -0.2) is 44.6 Å². The van der Waals surface area contributed by atoms with Gasteiger partial charge in [0.15, 0.2) is 0 Å². The van der Waals surface area contributed by atoms with Crippen LogP contribution in [0.1, 0.15) is 11.8 Å². The van der Waals surface area contributed by atoms with Gasteiger partial charge in [-0.25, -0.2) is 4.79 Å². The number of hydrogen-bond donors (Lipinski definition) is 3. The number of rotatable bonds is 3. The summed E-state index contributed by atoms with van der Waals surface area (Å²) >= 11 is 0.